The molecule has 1 unspecified atom stereocenters. The molecule has 0 fully saturated rings. The van der Waals surface area contributed by atoms with E-state index in [4.69, 9.17) is 10.7 Å². The maximum Gasteiger partial charge on any atom is 0.249 e. The van der Waals surface area contributed by atoms with Crippen LogP contribution in [-0.2, 0) is 5.66 Å². The molecule has 2 aliphatic heterocycles. The fraction of sp³-hybridized carbons (Fsp3) is 0.235. The first kappa shape index (κ1) is 13.8. The van der Waals surface area contributed by atoms with Crippen molar-refractivity contribution in [1.82, 2.24) is 0 Å². The van der Waals surface area contributed by atoms with E-state index in [1.165, 1.54) is 0 Å². The first-order valence-corrected chi connectivity index (χ1v) is 7.70. The Hall–Kier alpha value is -2.89. The van der Waals surface area contributed by atoms with E-state index in [9.17, 15) is 0 Å². The predicted octanol–water partition coefficient (Wildman–Crippen LogP) is 3.54. The Morgan fingerprint density at radius 2 is 2.04 bits per heavy atom. The fourth-order valence-electron chi connectivity index (χ4n) is 3.11. The molecule has 4 rings (SSSR count). The second-order valence-corrected chi connectivity index (χ2v) is 5.70. The van der Waals surface area contributed by atoms with Crippen LogP contribution >= 0.6 is 0 Å². The van der Waals surface area contributed by atoms with Crippen molar-refractivity contribution < 1.29 is 0 Å². The van der Waals surface area contributed by atoms with Crippen LogP contribution in [0.1, 0.15) is 18.9 Å². The van der Waals surface area contributed by atoms with Gasteiger partial charge in [-0.15, -0.1) is 5.11 Å². The number of nitrogens with two attached hydrogens (primary N) is 1. The van der Waals surface area contributed by atoms with Crippen molar-refractivity contribution >= 4 is 23.0 Å². The quantitative estimate of drug-likeness (QED) is 0.851. The molecule has 2 aliphatic rings. The molecule has 0 aromatic heterocycles. The molecule has 0 radical (unpaired) electrons. The van der Waals surface area contributed by atoms with Crippen molar-refractivity contribution in [2.45, 2.75) is 19.0 Å². The number of nitrogens with one attached hydrogen (secondary N) is 1. The molecule has 0 amide bonds. The lowest BCUT2D eigenvalue weighted by Crippen LogP contribution is -2.42. The van der Waals surface area contributed by atoms with Gasteiger partial charge in [0.15, 0.2) is 5.66 Å². The van der Waals surface area contributed by atoms with Gasteiger partial charge in [0.1, 0.15) is 6.67 Å². The van der Waals surface area contributed by atoms with Gasteiger partial charge in [-0.05, 0) is 30.7 Å². The van der Waals surface area contributed by atoms with E-state index < -0.39 is 5.66 Å². The number of hydrogen-bond acceptors (Lipinski definition) is 6. The maximum absolute atomic E-state index is 6.00. The topological polar surface area (TPSA) is 78.4 Å². The molecule has 2 aromatic carbocycles. The van der Waals surface area contributed by atoms with Crippen LogP contribution in [0.5, 0.6) is 0 Å². The zero-order valence-corrected chi connectivity index (χ0v) is 12.9. The van der Waals surface area contributed by atoms with E-state index in [-0.39, 0.29) is 0 Å². The Balaban J connectivity index is 1.88. The van der Waals surface area contributed by atoms with Gasteiger partial charge in [-0.1, -0.05) is 31.2 Å². The predicted molar refractivity (Wildman–Crippen MR) is 92.5 cm³/mol. The number of anilines is 3. The van der Waals surface area contributed by atoms with E-state index in [2.05, 4.69) is 22.5 Å². The molecule has 0 aliphatic carbocycles. The molecule has 6 heteroatoms. The van der Waals surface area contributed by atoms with Crippen LogP contribution < -0.4 is 16.0 Å². The number of para-hydroxylation sites is 1. The van der Waals surface area contributed by atoms with Crippen LogP contribution in [0, 0.1) is 0 Å². The molecule has 0 bridgehead atoms. The van der Waals surface area contributed by atoms with Crippen molar-refractivity contribution in [3.8, 4) is 0 Å². The summed E-state index contributed by atoms with van der Waals surface area (Å²) in [4.78, 5) is 6.88. The van der Waals surface area contributed by atoms with Crippen molar-refractivity contribution in [3.63, 3.8) is 0 Å². The minimum absolute atomic E-state index is 0.487. The molecule has 2 heterocycles. The molecule has 0 spiro atoms. The zero-order valence-electron chi connectivity index (χ0n) is 12.9. The Bertz CT molecular complexity index is 798. The first-order chi connectivity index (χ1) is 11.2. The number of nitrogen functional groups attached to an aromatic ring is 1. The third kappa shape index (κ3) is 2.14. The lowest BCUT2D eigenvalue weighted by atomic mass is 9.92. The summed E-state index contributed by atoms with van der Waals surface area (Å²) in [5, 5.41) is 11.9. The standard InChI is InChI=1S/C17H18N6/c1-2-17(20-13-6-4-3-5-7-13)14-9-8-12(18)10-15(14)23-11-19-22-16(23)21-17/h3-10,20H,2,11,18H2,1H3. The Labute approximate surface area is 134 Å². The summed E-state index contributed by atoms with van der Waals surface area (Å²) in [5.74, 6) is 0.633. The number of nitrogens with zero attached hydrogens (tertiary/aromatic N) is 4. The number of fused-ring (bicyclic) bond motifs is 3. The Morgan fingerprint density at radius 1 is 1.22 bits per heavy atom. The average molecular weight is 306 g/mol. The highest BCUT2D eigenvalue weighted by Gasteiger charge is 2.40. The largest absolute Gasteiger partial charge is 0.399 e. The minimum atomic E-state index is -0.570. The maximum atomic E-state index is 6.00. The van der Waals surface area contributed by atoms with Crippen LogP contribution in [0.2, 0.25) is 0 Å². The van der Waals surface area contributed by atoms with Gasteiger partial charge in [-0.2, -0.15) is 5.11 Å². The normalized spacial score (nSPS) is 21.6. The lowest BCUT2D eigenvalue weighted by Gasteiger charge is -2.38. The summed E-state index contributed by atoms with van der Waals surface area (Å²) in [6.45, 7) is 2.60. The second kappa shape index (κ2) is 5.08. The van der Waals surface area contributed by atoms with Crippen LogP contribution in [0.4, 0.5) is 17.1 Å². The van der Waals surface area contributed by atoms with Crippen LogP contribution in [0.3, 0.4) is 0 Å². The first-order valence-electron chi connectivity index (χ1n) is 7.70. The highest BCUT2D eigenvalue weighted by molar-refractivity contribution is 6.01. The van der Waals surface area contributed by atoms with Gasteiger partial charge in [0, 0.05) is 16.9 Å². The molecular weight excluding hydrogens is 288 g/mol. The van der Waals surface area contributed by atoms with E-state index in [1.54, 1.807) is 0 Å². The minimum Gasteiger partial charge on any atom is -0.399 e. The van der Waals surface area contributed by atoms with E-state index >= 15 is 0 Å². The zero-order chi connectivity index (χ0) is 15.9. The van der Waals surface area contributed by atoms with E-state index in [0.717, 1.165) is 29.0 Å². The van der Waals surface area contributed by atoms with Crippen LogP contribution in [0.25, 0.3) is 0 Å². The second-order valence-electron chi connectivity index (χ2n) is 5.70. The molecule has 3 N–H and O–H groups in total. The van der Waals surface area contributed by atoms with E-state index in [0.29, 0.717) is 12.6 Å². The summed E-state index contributed by atoms with van der Waals surface area (Å²) in [5.41, 5.74) is 9.28. The molecule has 1 atom stereocenters. The van der Waals surface area contributed by atoms with Gasteiger partial charge in [-0.25, -0.2) is 4.99 Å². The van der Waals surface area contributed by atoms with Crippen LogP contribution in [0.15, 0.2) is 63.8 Å². The molecular formula is C17H18N6. The number of benzene rings is 2. The molecule has 0 saturated heterocycles. The van der Waals surface area contributed by atoms with Crippen LogP contribution in [-0.4, -0.2) is 12.6 Å². The summed E-state index contributed by atoms with van der Waals surface area (Å²) in [7, 11) is 0. The SMILES string of the molecule is CCC1(Nc2ccccc2)N=C2N=NCN2c2cc(N)ccc21. The summed E-state index contributed by atoms with van der Waals surface area (Å²) < 4.78 is 0. The summed E-state index contributed by atoms with van der Waals surface area (Å²) in [6, 6.07) is 16.0. The number of rotatable bonds is 3. The molecule has 23 heavy (non-hydrogen) atoms. The van der Waals surface area contributed by atoms with Gasteiger partial charge < -0.3 is 11.1 Å². The van der Waals surface area contributed by atoms with Gasteiger partial charge >= 0.3 is 0 Å². The van der Waals surface area contributed by atoms with Crippen molar-refractivity contribution in [1.29, 1.82) is 0 Å². The van der Waals surface area contributed by atoms with Crippen molar-refractivity contribution in [2.24, 2.45) is 15.2 Å². The molecule has 116 valence electrons. The van der Waals surface area contributed by atoms with Gasteiger partial charge in [0.25, 0.3) is 0 Å². The Morgan fingerprint density at radius 3 is 2.83 bits per heavy atom. The van der Waals surface area contributed by atoms with Crippen molar-refractivity contribution in [3.05, 3.63) is 54.1 Å². The van der Waals surface area contributed by atoms with Crippen molar-refractivity contribution in [2.75, 3.05) is 22.6 Å². The highest BCUT2D eigenvalue weighted by atomic mass is 15.5. The smallest absolute Gasteiger partial charge is 0.249 e. The van der Waals surface area contributed by atoms with Gasteiger partial charge in [-0.3, -0.25) is 4.90 Å². The monoisotopic (exact) mass is 306 g/mol. The average Bonchev–Trinajstić information content (AvgIpc) is 3.04. The number of aliphatic imine (C=N–C) groups is 1. The molecule has 6 nitrogen and oxygen atoms in total. The number of hydrogen-bond donors (Lipinski definition) is 2. The van der Waals surface area contributed by atoms with Gasteiger partial charge in [0.05, 0.1) is 5.69 Å². The number of guanidine groups is 1. The molecule has 0 saturated carbocycles. The fourth-order valence-corrected chi connectivity index (χ4v) is 3.11. The van der Waals surface area contributed by atoms with E-state index in [1.807, 2.05) is 53.4 Å². The summed E-state index contributed by atoms with van der Waals surface area (Å²) in [6.07, 6.45) is 0.783. The third-order valence-electron chi connectivity index (χ3n) is 4.29. The summed E-state index contributed by atoms with van der Waals surface area (Å²) >= 11 is 0. The molecule has 2 aromatic rings. The highest BCUT2D eigenvalue weighted by Crippen LogP contribution is 2.43. The Kier molecular flexibility index (Phi) is 3.04. The lowest BCUT2D eigenvalue weighted by molar-refractivity contribution is 0.490. The van der Waals surface area contributed by atoms with Gasteiger partial charge in [0.2, 0.25) is 5.96 Å². The number of azo groups is 1. The third-order valence-corrected chi connectivity index (χ3v) is 4.29.